The van der Waals surface area contributed by atoms with Crippen molar-refractivity contribution in [2.24, 2.45) is 0 Å². The van der Waals surface area contributed by atoms with Gasteiger partial charge in [0.25, 0.3) is 0 Å². The Labute approximate surface area is 69.2 Å². The lowest BCUT2D eigenvalue weighted by Crippen LogP contribution is -2.59. The third-order valence-electron chi connectivity index (χ3n) is 1.13. The predicted octanol–water partition coefficient (Wildman–Crippen LogP) is 1.11. The molecule has 0 saturated heterocycles. The van der Waals surface area contributed by atoms with E-state index in [1.165, 1.54) is 0 Å². The Hall–Kier alpha value is -1.06. The lowest BCUT2D eigenvalue weighted by Gasteiger charge is -1.97. The smallest absolute Gasteiger partial charge is 0.276 e. The van der Waals surface area contributed by atoms with Crippen LogP contribution in [-0.2, 0) is 0 Å². The first-order chi connectivity index (χ1) is 5.18. The van der Waals surface area contributed by atoms with Crippen LogP contribution in [0.1, 0.15) is 0 Å². The number of halogens is 1. The molecule has 0 unspecified atom stereocenters. The van der Waals surface area contributed by atoms with Gasteiger partial charge in [-0.2, -0.15) is 0 Å². The minimum Gasteiger partial charge on any atom is -0.276 e. The summed E-state index contributed by atoms with van der Waals surface area (Å²) in [6.07, 6.45) is 0. The average Bonchev–Trinajstić information content (AvgIpc) is 1.93. The average molecular weight is 172 g/mol. The van der Waals surface area contributed by atoms with Crippen LogP contribution < -0.4 is 11.1 Å². The minimum absolute atomic E-state index is 0.327. The maximum absolute atomic E-state index is 10.4. The van der Waals surface area contributed by atoms with Gasteiger partial charge in [-0.3, -0.25) is 11.1 Å². The normalized spacial score (nSPS) is 9.27. The summed E-state index contributed by atoms with van der Waals surface area (Å²) in [5, 5.41) is 3.17. The Bertz CT molecular complexity index is 258. The van der Waals surface area contributed by atoms with Crippen molar-refractivity contribution in [1.29, 1.82) is 0 Å². The molecule has 1 rings (SSSR count). The lowest BCUT2D eigenvalue weighted by atomic mass is 10.3. The van der Waals surface area contributed by atoms with Crippen LogP contribution in [0.5, 0.6) is 0 Å². The molecule has 0 aliphatic heterocycles. The summed E-state index contributed by atoms with van der Waals surface area (Å²) < 4.78 is 0. The summed E-state index contributed by atoms with van der Waals surface area (Å²) in [4.78, 5) is 10.4. The second-order valence-corrected chi connectivity index (χ2v) is 2.49. The summed E-state index contributed by atoms with van der Waals surface area (Å²) >= 11 is 5.62. The Kier molecular flexibility index (Phi) is 2.46. The van der Waals surface area contributed by atoms with Gasteiger partial charge in [-0.1, -0.05) is 11.6 Å². The highest BCUT2D eigenvalue weighted by molar-refractivity contribution is 6.30. The number of amides is 2. The molecule has 0 bridgehead atoms. The van der Waals surface area contributed by atoms with Crippen LogP contribution in [0.3, 0.4) is 0 Å². The summed E-state index contributed by atoms with van der Waals surface area (Å²) in [5.74, 6) is 0. The predicted molar refractivity (Wildman–Crippen MR) is 43.4 cm³/mol. The monoisotopic (exact) mass is 171 g/mol. The van der Waals surface area contributed by atoms with Crippen molar-refractivity contribution >= 4 is 23.3 Å². The number of rotatable bonds is 1. The van der Waals surface area contributed by atoms with E-state index < -0.39 is 0 Å². The first-order valence-electron chi connectivity index (χ1n) is 3.07. The fraction of sp³-hybridized carbons (Fsp3) is 0. The second-order valence-electron chi connectivity index (χ2n) is 2.06. The molecule has 3 nitrogen and oxygen atoms in total. The third kappa shape index (κ3) is 2.57. The van der Waals surface area contributed by atoms with Crippen LogP contribution >= 0.6 is 11.6 Å². The van der Waals surface area contributed by atoms with Crippen molar-refractivity contribution in [3.05, 3.63) is 29.3 Å². The van der Waals surface area contributed by atoms with E-state index in [4.69, 9.17) is 11.6 Å². The van der Waals surface area contributed by atoms with Crippen LogP contribution in [0, 0.1) is 0 Å². The molecule has 0 fully saturated rings. The molecule has 4 N–H and O–H groups in total. The van der Waals surface area contributed by atoms with E-state index in [2.05, 4.69) is 11.1 Å². The van der Waals surface area contributed by atoms with E-state index in [-0.39, 0.29) is 6.03 Å². The van der Waals surface area contributed by atoms with E-state index in [0.29, 0.717) is 10.7 Å². The number of hydrogen-bond donors (Lipinski definition) is 2. The maximum Gasteiger partial charge on any atom is 0.416 e. The maximum atomic E-state index is 10.4. The van der Waals surface area contributed by atoms with E-state index >= 15 is 0 Å². The summed E-state index contributed by atoms with van der Waals surface area (Å²) in [7, 11) is 0. The first-order valence-corrected chi connectivity index (χ1v) is 3.45. The molecule has 0 heterocycles. The molecular formula is C7H8ClN2O+. The largest absolute Gasteiger partial charge is 0.416 e. The van der Waals surface area contributed by atoms with Gasteiger partial charge in [0.1, 0.15) is 0 Å². The zero-order valence-electron chi connectivity index (χ0n) is 5.80. The molecule has 2 amide bonds. The Morgan fingerprint density at radius 2 is 1.91 bits per heavy atom. The van der Waals surface area contributed by atoms with E-state index in [1.54, 1.807) is 24.3 Å². The Balaban J connectivity index is 2.74. The van der Waals surface area contributed by atoms with Gasteiger partial charge in [-0.05, 0) is 24.3 Å². The molecule has 0 aliphatic carbocycles. The van der Waals surface area contributed by atoms with Gasteiger partial charge in [-0.25, -0.2) is 4.79 Å². The van der Waals surface area contributed by atoms with Gasteiger partial charge < -0.3 is 0 Å². The Morgan fingerprint density at radius 1 is 1.36 bits per heavy atom. The van der Waals surface area contributed by atoms with Crippen LogP contribution in [0.4, 0.5) is 10.5 Å². The fourth-order valence-electron chi connectivity index (χ4n) is 0.694. The number of anilines is 1. The molecule has 4 heteroatoms. The van der Waals surface area contributed by atoms with Crippen molar-refractivity contribution in [2.45, 2.75) is 0 Å². The fourth-order valence-corrected chi connectivity index (χ4v) is 0.820. The molecular weight excluding hydrogens is 164 g/mol. The van der Waals surface area contributed by atoms with E-state index in [0.717, 1.165) is 0 Å². The van der Waals surface area contributed by atoms with Gasteiger partial charge in [0.05, 0.1) is 0 Å². The molecule has 0 spiro atoms. The van der Waals surface area contributed by atoms with Crippen molar-refractivity contribution in [2.75, 3.05) is 5.32 Å². The molecule has 0 aromatic heterocycles. The summed E-state index contributed by atoms with van der Waals surface area (Å²) in [5.41, 5.74) is 3.88. The number of nitrogens with one attached hydrogen (secondary N) is 1. The van der Waals surface area contributed by atoms with Gasteiger partial charge in [0.2, 0.25) is 0 Å². The zero-order valence-corrected chi connectivity index (χ0v) is 6.56. The quantitative estimate of drug-likeness (QED) is 0.654. The van der Waals surface area contributed by atoms with Crippen LogP contribution in [-0.4, -0.2) is 6.03 Å². The highest BCUT2D eigenvalue weighted by atomic mass is 35.5. The summed E-state index contributed by atoms with van der Waals surface area (Å²) in [6.45, 7) is 0. The second kappa shape index (κ2) is 3.37. The Morgan fingerprint density at radius 3 is 2.36 bits per heavy atom. The van der Waals surface area contributed by atoms with E-state index in [1.807, 2.05) is 0 Å². The van der Waals surface area contributed by atoms with Gasteiger partial charge in [0.15, 0.2) is 0 Å². The number of urea groups is 1. The number of hydrogen-bond acceptors (Lipinski definition) is 1. The molecule has 1 aromatic rings. The van der Waals surface area contributed by atoms with Crippen molar-refractivity contribution in [3.63, 3.8) is 0 Å². The van der Waals surface area contributed by atoms with Crippen molar-refractivity contribution < 1.29 is 10.5 Å². The molecule has 11 heavy (non-hydrogen) atoms. The van der Waals surface area contributed by atoms with Gasteiger partial charge >= 0.3 is 6.03 Å². The molecule has 1 aromatic carbocycles. The van der Waals surface area contributed by atoms with Gasteiger partial charge in [-0.15, -0.1) is 0 Å². The van der Waals surface area contributed by atoms with Crippen molar-refractivity contribution in [3.8, 4) is 0 Å². The van der Waals surface area contributed by atoms with Gasteiger partial charge in [0, 0.05) is 10.7 Å². The highest BCUT2D eigenvalue weighted by Gasteiger charge is 1.96. The molecule has 0 radical (unpaired) electrons. The molecule has 0 atom stereocenters. The number of quaternary nitrogens is 1. The molecule has 58 valence electrons. The molecule has 0 aliphatic rings. The minimum atomic E-state index is -0.327. The number of benzene rings is 1. The SMILES string of the molecule is [NH3+]C(=O)Nc1ccc(Cl)cc1. The van der Waals surface area contributed by atoms with Crippen LogP contribution in [0.15, 0.2) is 24.3 Å². The van der Waals surface area contributed by atoms with Crippen LogP contribution in [0.2, 0.25) is 5.02 Å². The third-order valence-corrected chi connectivity index (χ3v) is 1.38. The van der Waals surface area contributed by atoms with Crippen molar-refractivity contribution in [1.82, 2.24) is 0 Å². The first kappa shape index (κ1) is 8.04. The highest BCUT2D eigenvalue weighted by Crippen LogP contribution is 2.12. The van der Waals surface area contributed by atoms with Crippen LogP contribution in [0.25, 0.3) is 0 Å². The zero-order chi connectivity index (χ0) is 8.27. The standard InChI is InChI=1S/C7H7ClN2O/c8-5-1-3-6(4-2-5)10-7(9)11/h1-4H,(H3,9,10,11)/p+1. The number of carbonyl (C=O) groups excluding carboxylic acids is 1. The lowest BCUT2D eigenvalue weighted by molar-refractivity contribution is -0.242. The van der Waals surface area contributed by atoms with E-state index in [9.17, 15) is 4.79 Å². The number of carbonyl (C=O) groups is 1. The topological polar surface area (TPSA) is 56.7 Å². The summed E-state index contributed by atoms with van der Waals surface area (Å²) in [6, 6.07) is 6.50. The molecule has 0 saturated carbocycles.